The molecule has 44 heavy (non-hydrogen) atoms. The molecule has 3 aromatic carbocycles. The van der Waals surface area contributed by atoms with Crippen LogP contribution in [0.2, 0.25) is 5.02 Å². The normalized spacial score (nSPS) is 17.1. The third-order valence-electron chi connectivity index (χ3n) is 8.07. The zero-order chi connectivity index (χ0) is 30.4. The standard InChI is InChI=1S/C30H26ClF4N7O2/c31-21-3-1-19(24(32)12-21)16-44-27-11-20-13-41(7-5-17(20)9-23(27)30(33,34)35)15-28-36-25-4-2-18(29-37-39-40-38-29)10-26(25)42(28)14-22-6-8-43-22/h1-4,9-12,22H,5-8,13-16H2,(H,37,38,39,40)/t22-/m0/s1. The Balaban J connectivity index is 1.16. The van der Waals surface area contributed by atoms with Gasteiger partial charge in [0.25, 0.3) is 0 Å². The SMILES string of the molecule is Fc1cc(Cl)ccc1COc1cc2c(cc1C(F)(F)F)CCN(Cc1nc3ccc(-c4nn[nH]n4)cc3n1C[C@@H]1CCO1)C2. The minimum Gasteiger partial charge on any atom is -0.488 e. The highest BCUT2D eigenvalue weighted by molar-refractivity contribution is 6.30. The molecular formula is C30H26ClF4N7O2. The number of imidazole rings is 1. The zero-order valence-corrected chi connectivity index (χ0v) is 24.0. The molecule has 228 valence electrons. The Morgan fingerprint density at radius 2 is 1.95 bits per heavy atom. The van der Waals surface area contributed by atoms with Crippen LogP contribution in [0.15, 0.2) is 48.5 Å². The van der Waals surface area contributed by atoms with Crippen LogP contribution in [-0.4, -0.2) is 54.3 Å². The van der Waals surface area contributed by atoms with Crippen molar-refractivity contribution in [3.05, 3.63) is 87.4 Å². The van der Waals surface area contributed by atoms with E-state index < -0.39 is 17.6 Å². The van der Waals surface area contributed by atoms with E-state index in [2.05, 4.69) is 30.1 Å². The topological polar surface area (TPSA) is 94.0 Å². The minimum absolute atomic E-state index is 0.0769. The maximum atomic E-state index is 14.3. The molecule has 0 spiro atoms. The van der Waals surface area contributed by atoms with Crippen LogP contribution in [0.1, 0.15) is 34.5 Å². The first kappa shape index (κ1) is 28.7. The second kappa shape index (κ2) is 11.5. The number of halogens is 5. The first-order valence-electron chi connectivity index (χ1n) is 14.1. The molecular weight excluding hydrogens is 602 g/mol. The van der Waals surface area contributed by atoms with Crippen molar-refractivity contribution in [1.29, 1.82) is 0 Å². The van der Waals surface area contributed by atoms with Crippen LogP contribution in [0.5, 0.6) is 5.75 Å². The fourth-order valence-electron chi connectivity index (χ4n) is 5.67. The van der Waals surface area contributed by atoms with Gasteiger partial charge in [-0.25, -0.2) is 9.37 Å². The number of aromatic amines is 1. The van der Waals surface area contributed by atoms with E-state index in [4.69, 9.17) is 26.1 Å². The third-order valence-corrected chi connectivity index (χ3v) is 8.31. The summed E-state index contributed by atoms with van der Waals surface area (Å²) >= 11 is 5.81. The Labute approximate surface area is 253 Å². The molecule has 0 bridgehead atoms. The number of alkyl halides is 3. The third kappa shape index (κ3) is 5.74. The summed E-state index contributed by atoms with van der Waals surface area (Å²) in [7, 11) is 0. The summed E-state index contributed by atoms with van der Waals surface area (Å²) in [5.41, 5.74) is 3.09. The van der Waals surface area contributed by atoms with Crippen LogP contribution < -0.4 is 4.74 Å². The van der Waals surface area contributed by atoms with Gasteiger partial charge in [0.2, 0.25) is 5.82 Å². The van der Waals surface area contributed by atoms with Crippen molar-refractivity contribution in [1.82, 2.24) is 35.1 Å². The number of hydrogen-bond acceptors (Lipinski definition) is 7. The molecule has 0 amide bonds. The molecule has 1 N–H and O–H groups in total. The van der Waals surface area contributed by atoms with Crippen LogP contribution in [0, 0.1) is 5.82 Å². The molecule has 0 radical (unpaired) electrons. The molecule has 1 saturated heterocycles. The van der Waals surface area contributed by atoms with E-state index in [1.165, 1.54) is 18.2 Å². The summed E-state index contributed by atoms with van der Waals surface area (Å²) in [5.74, 6) is 0.320. The van der Waals surface area contributed by atoms with E-state index in [-0.39, 0.29) is 29.0 Å². The van der Waals surface area contributed by atoms with Gasteiger partial charge >= 0.3 is 6.18 Å². The number of nitrogens with zero attached hydrogens (tertiary/aromatic N) is 6. The van der Waals surface area contributed by atoms with Crippen LogP contribution in [0.3, 0.4) is 0 Å². The maximum Gasteiger partial charge on any atom is 0.419 e. The molecule has 5 aromatic rings. The molecule has 0 unspecified atom stereocenters. The molecule has 2 aromatic heterocycles. The highest BCUT2D eigenvalue weighted by atomic mass is 35.5. The monoisotopic (exact) mass is 627 g/mol. The van der Waals surface area contributed by atoms with Gasteiger partial charge in [0.15, 0.2) is 0 Å². The van der Waals surface area contributed by atoms with Crippen molar-refractivity contribution in [3.8, 4) is 17.1 Å². The van der Waals surface area contributed by atoms with Crippen molar-refractivity contribution in [2.75, 3.05) is 13.2 Å². The molecule has 4 heterocycles. The highest BCUT2D eigenvalue weighted by Crippen LogP contribution is 2.40. The molecule has 0 aliphatic carbocycles. The largest absolute Gasteiger partial charge is 0.488 e. The fourth-order valence-corrected chi connectivity index (χ4v) is 5.83. The van der Waals surface area contributed by atoms with Crippen LogP contribution in [0.25, 0.3) is 22.4 Å². The Kier molecular flexibility index (Phi) is 7.47. The summed E-state index contributed by atoms with van der Waals surface area (Å²) in [6.07, 6.45) is -3.17. The lowest BCUT2D eigenvalue weighted by molar-refractivity contribution is -0.139. The van der Waals surface area contributed by atoms with Gasteiger partial charge in [-0.05, 0) is 71.6 Å². The van der Waals surface area contributed by atoms with Crippen LogP contribution in [-0.2, 0) is 43.6 Å². The van der Waals surface area contributed by atoms with E-state index >= 15 is 0 Å². The summed E-state index contributed by atoms with van der Waals surface area (Å²) in [5, 5.41) is 14.5. The van der Waals surface area contributed by atoms with Crippen molar-refractivity contribution in [2.45, 2.75) is 51.4 Å². The number of ether oxygens (including phenoxy) is 2. The van der Waals surface area contributed by atoms with E-state index in [9.17, 15) is 17.6 Å². The Morgan fingerprint density at radius 3 is 2.68 bits per heavy atom. The first-order chi connectivity index (χ1) is 21.2. The molecule has 9 nitrogen and oxygen atoms in total. The lowest BCUT2D eigenvalue weighted by Gasteiger charge is -2.31. The fraction of sp³-hybridized carbons (Fsp3) is 0.333. The number of aromatic nitrogens is 6. The maximum absolute atomic E-state index is 14.3. The number of hydrogen-bond donors (Lipinski definition) is 1. The van der Waals surface area contributed by atoms with Crippen molar-refractivity contribution in [3.63, 3.8) is 0 Å². The molecule has 1 atom stereocenters. The molecule has 2 aliphatic rings. The van der Waals surface area contributed by atoms with Gasteiger partial charge in [0, 0.05) is 35.8 Å². The van der Waals surface area contributed by atoms with Crippen molar-refractivity contribution in [2.24, 2.45) is 0 Å². The average Bonchev–Trinajstić information content (AvgIpc) is 3.61. The second-order valence-corrected chi connectivity index (χ2v) is 11.4. The molecule has 2 aliphatic heterocycles. The van der Waals surface area contributed by atoms with E-state index in [0.717, 1.165) is 53.1 Å². The average molecular weight is 628 g/mol. The molecule has 14 heteroatoms. The number of benzene rings is 3. The summed E-state index contributed by atoms with van der Waals surface area (Å²) in [4.78, 5) is 7.07. The van der Waals surface area contributed by atoms with Crippen LogP contribution >= 0.6 is 11.6 Å². The number of H-pyrrole nitrogens is 1. The number of tetrazole rings is 1. The molecule has 1 fully saturated rings. The Hall–Kier alpha value is -4.07. The van der Waals surface area contributed by atoms with Gasteiger partial charge in [-0.1, -0.05) is 17.7 Å². The van der Waals surface area contributed by atoms with E-state index in [1.54, 1.807) is 0 Å². The van der Waals surface area contributed by atoms with Crippen molar-refractivity contribution >= 4 is 22.6 Å². The lowest BCUT2D eigenvalue weighted by atomic mass is 9.96. The number of rotatable bonds is 8. The summed E-state index contributed by atoms with van der Waals surface area (Å²) < 4.78 is 69.8. The quantitative estimate of drug-likeness (QED) is 0.212. The second-order valence-electron chi connectivity index (χ2n) is 11.0. The predicted molar refractivity (Wildman–Crippen MR) is 152 cm³/mol. The van der Waals surface area contributed by atoms with Gasteiger partial charge < -0.3 is 14.0 Å². The van der Waals surface area contributed by atoms with Gasteiger partial charge in [0.05, 0.1) is 35.8 Å². The smallest absolute Gasteiger partial charge is 0.419 e. The van der Waals surface area contributed by atoms with Gasteiger partial charge in [-0.3, -0.25) is 4.90 Å². The Morgan fingerprint density at radius 1 is 1.09 bits per heavy atom. The minimum atomic E-state index is -4.63. The van der Waals surface area contributed by atoms with Gasteiger partial charge in [-0.15, -0.1) is 10.2 Å². The number of nitrogens with one attached hydrogen (secondary N) is 1. The highest BCUT2D eigenvalue weighted by Gasteiger charge is 2.36. The number of fused-ring (bicyclic) bond motifs is 2. The predicted octanol–water partition coefficient (Wildman–Crippen LogP) is 5.95. The molecule has 7 rings (SSSR count). The van der Waals surface area contributed by atoms with Crippen LogP contribution in [0.4, 0.5) is 17.6 Å². The van der Waals surface area contributed by atoms with E-state index in [1.807, 2.05) is 18.2 Å². The summed E-state index contributed by atoms with van der Waals surface area (Å²) in [6, 6.07) is 12.3. The first-order valence-corrected chi connectivity index (χ1v) is 14.5. The Bertz CT molecular complexity index is 1820. The van der Waals surface area contributed by atoms with Gasteiger partial charge in [0.1, 0.15) is 24.0 Å². The summed E-state index contributed by atoms with van der Waals surface area (Å²) in [6.45, 7) is 2.41. The van der Waals surface area contributed by atoms with E-state index in [0.29, 0.717) is 44.0 Å². The molecule has 0 saturated carbocycles. The van der Waals surface area contributed by atoms with Crippen molar-refractivity contribution < 1.29 is 27.0 Å². The zero-order valence-electron chi connectivity index (χ0n) is 23.2. The van der Waals surface area contributed by atoms with Gasteiger partial charge in [-0.2, -0.15) is 18.4 Å². The lowest BCUT2D eigenvalue weighted by Crippen LogP contribution is -2.34.